The fourth-order valence-corrected chi connectivity index (χ4v) is 1.70. The minimum atomic E-state index is -0.583. The zero-order valence-corrected chi connectivity index (χ0v) is 9.22. The predicted octanol–water partition coefficient (Wildman–Crippen LogP) is 2.66. The van der Waals surface area contributed by atoms with Gasteiger partial charge >= 0.3 is 0 Å². The van der Waals surface area contributed by atoms with Crippen LogP contribution >= 0.6 is 0 Å². The normalized spacial score (nSPS) is 12.4. The van der Waals surface area contributed by atoms with Crippen LogP contribution in [0.25, 0.3) is 0 Å². The number of hydrogen-bond acceptors (Lipinski definition) is 2. The number of aryl methyl sites for hydroxylation is 1. The number of nitrogen functional groups attached to an aromatic ring is 1. The summed E-state index contributed by atoms with van der Waals surface area (Å²) in [6, 6.07) is 15.2. The third kappa shape index (κ3) is 2.07. The van der Waals surface area contributed by atoms with Crippen LogP contribution in [0.1, 0.15) is 22.8 Å². The molecular formula is C14H15NO. The lowest BCUT2D eigenvalue weighted by Gasteiger charge is -2.12. The summed E-state index contributed by atoms with van der Waals surface area (Å²) in [5.41, 5.74) is 9.26. The highest BCUT2D eigenvalue weighted by atomic mass is 16.3. The molecule has 0 saturated heterocycles. The number of aliphatic hydroxyl groups is 1. The van der Waals surface area contributed by atoms with Gasteiger partial charge in [0.2, 0.25) is 0 Å². The molecule has 0 aliphatic carbocycles. The topological polar surface area (TPSA) is 46.2 Å². The van der Waals surface area contributed by atoms with E-state index in [0.717, 1.165) is 22.4 Å². The van der Waals surface area contributed by atoms with Crippen LogP contribution in [0.3, 0.4) is 0 Å². The Kier molecular flexibility index (Phi) is 2.93. The van der Waals surface area contributed by atoms with E-state index in [-0.39, 0.29) is 0 Å². The first kappa shape index (κ1) is 10.7. The molecule has 0 unspecified atom stereocenters. The molecule has 0 heterocycles. The lowest BCUT2D eigenvalue weighted by Crippen LogP contribution is -2.00. The molecule has 0 spiro atoms. The van der Waals surface area contributed by atoms with E-state index in [9.17, 15) is 5.11 Å². The van der Waals surface area contributed by atoms with Crippen LogP contribution in [-0.4, -0.2) is 5.11 Å². The molecular weight excluding hydrogens is 198 g/mol. The van der Waals surface area contributed by atoms with Gasteiger partial charge in [-0.15, -0.1) is 0 Å². The second kappa shape index (κ2) is 4.37. The van der Waals surface area contributed by atoms with E-state index in [1.807, 2.05) is 55.5 Å². The van der Waals surface area contributed by atoms with Gasteiger partial charge < -0.3 is 10.8 Å². The Bertz CT molecular complexity index is 479. The second-order valence-corrected chi connectivity index (χ2v) is 3.93. The molecule has 0 aromatic heterocycles. The number of hydrogen-bond donors (Lipinski definition) is 2. The Hall–Kier alpha value is -1.80. The minimum absolute atomic E-state index is 0.583. The monoisotopic (exact) mass is 213 g/mol. The zero-order chi connectivity index (χ0) is 11.5. The minimum Gasteiger partial charge on any atom is -0.399 e. The third-order valence-corrected chi connectivity index (χ3v) is 2.72. The van der Waals surface area contributed by atoms with E-state index < -0.39 is 6.10 Å². The molecule has 82 valence electrons. The summed E-state index contributed by atoms with van der Waals surface area (Å²) in [7, 11) is 0. The van der Waals surface area contributed by atoms with Crippen LogP contribution in [0.4, 0.5) is 5.69 Å². The van der Waals surface area contributed by atoms with Gasteiger partial charge in [0, 0.05) is 5.69 Å². The molecule has 2 aromatic rings. The molecule has 0 aliphatic heterocycles. The van der Waals surface area contributed by atoms with Gasteiger partial charge in [0.1, 0.15) is 6.10 Å². The van der Waals surface area contributed by atoms with Gasteiger partial charge in [-0.2, -0.15) is 0 Å². The largest absolute Gasteiger partial charge is 0.399 e. The van der Waals surface area contributed by atoms with Crippen molar-refractivity contribution in [3.8, 4) is 0 Å². The van der Waals surface area contributed by atoms with Crippen molar-refractivity contribution in [3.63, 3.8) is 0 Å². The van der Waals surface area contributed by atoms with Crippen LogP contribution < -0.4 is 5.73 Å². The van der Waals surface area contributed by atoms with Gasteiger partial charge in [-0.25, -0.2) is 0 Å². The molecule has 2 rings (SSSR count). The van der Waals surface area contributed by atoms with Crippen LogP contribution in [0, 0.1) is 6.92 Å². The van der Waals surface area contributed by atoms with Crippen LogP contribution in [0.5, 0.6) is 0 Å². The van der Waals surface area contributed by atoms with Crippen molar-refractivity contribution < 1.29 is 5.11 Å². The second-order valence-electron chi connectivity index (χ2n) is 3.93. The van der Waals surface area contributed by atoms with Crippen molar-refractivity contribution in [2.24, 2.45) is 0 Å². The van der Waals surface area contributed by atoms with E-state index in [1.54, 1.807) is 0 Å². The first-order chi connectivity index (χ1) is 7.68. The molecule has 0 aliphatic rings. The van der Waals surface area contributed by atoms with Gasteiger partial charge in [0.05, 0.1) is 0 Å². The van der Waals surface area contributed by atoms with Gasteiger partial charge in [0.25, 0.3) is 0 Å². The van der Waals surface area contributed by atoms with Crippen LogP contribution in [-0.2, 0) is 0 Å². The fraction of sp³-hybridized carbons (Fsp3) is 0.143. The SMILES string of the molecule is Cc1cc([C@H](O)c2ccccc2)ccc1N. The maximum atomic E-state index is 10.2. The molecule has 0 fully saturated rings. The number of aliphatic hydroxyl groups excluding tert-OH is 1. The zero-order valence-electron chi connectivity index (χ0n) is 9.22. The number of rotatable bonds is 2. The highest BCUT2D eigenvalue weighted by Crippen LogP contribution is 2.24. The van der Waals surface area contributed by atoms with Crippen LogP contribution in [0.2, 0.25) is 0 Å². The van der Waals surface area contributed by atoms with E-state index in [0.29, 0.717) is 0 Å². The molecule has 2 heteroatoms. The van der Waals surface area contributed by atoms with E-state index in [4.69, 9.17) is 5.73 Å². The summed E-state index contributed by atoms with van der Waals surface area (Å²) in [5.74, 6) is 0. The van der Waals surface area contributed by atoms with Crippen LogP contribution in [0.15, 0.2) is 48.5 Å². The van der Waals surface area contributed by atoms with Gasteiger partial charge in [-0.05, 0) is 29.7 Å². The van der Waals surface area contributed by atoms with Gasteiger partial charge in [-0.3, -0.25) is 0 Å². The third-order valence-electron chi connectivity index (χ3n) is 2.72. The van der Waals surface area contributed by atoms with E-state index in [2.05, 4.69) is 0 Å². The van der Waals surface area contributed by atoms with Crippen molar-refractivity contribution >= 4 is 5.69 Å². The Balaban J connectivity index is 2.34. The molecule has 16 heavy (non-hydrogen) atoms. The highest BCUT2D eigenvalue weighted by molar-refractivity contribution is 5.49. The number of anilines is 1. The summed E-state index contributed by atoms with van der Waals surface area (Å²) in [4.78, 5) is 0. The molecule has 0 bridgehead atoms. The Morgan fingerprint density at radius 1 is 1.00 bits per heavy atom. The van der Waals surface area contributed by atoms with Crippen molar-refractivity contribution in [1.82, 2.24) is 0 Å². The van der Waals surface area contributed by atoms with E-state index >= 15 is 0 Å². The number of benzene rings is 2. The van der Waals surface area contributed by atoms with Gasteiger partial charge in [-0.1, -0.05) is 42.5 Å². The quantitative estimate of drug-likeness (QED) is 0.753. The lowest BCUT2D eigenvalue weighted by atomic mass is 9.99. The average Bonchev–Trinajstić information content (AvgIpc) is 2.33. The Morgan fingerprint density at radius 2 is 1.69 bits per heavy atom. The first-order valence-electron chi connectivity index (χ1n) is 5.27. The van der Waals surface area contributed by atoms with Crippen molar-refractivity contribution in [2.75, 3.05) is 5.73 Å². The van der Waals surface area contributed by atoms with Crippen molar-refractivity contribution in [3.05, 3.63) is 65.2 Å². The summed E-state index contributed by atoms with van der Waals surface area (Å²) in [6.45, 7) is 1.94. The average molecular weight is 213 g/mol. The Labute approximate surface area is 95.4 Å². The molecule has 3 N–H and O–H groups in total. The molecule has 1 atom stereocenters. The van der Waals surface area contributed by atoms with Crippen molar-refractivity contribution in [1.29, 1.82) is 0 Å². The Morgan fingerprint density at radius 3 is 2.31 bits per heavy atom. The summed E-state index contributed by atoms with van der Waals surface area (Å²) in [5, 5.41) is 10.2. The van der Waals surface area contributed by atoms with E-state index in [1.165, 1.54) is 0 Å². The number of nitrogens with two attached hydrogens (primary N) is 1. The maximum Gasteiger partial charge on any atom is 0.104 e. The summed E-state index contributed by atoms with van der Waals surface area (Å²) >= 11 is 0. The smallest absolute Gasteiger partial charge is 0.104 e. The van der Waals surface area contributed by atoms with Crippen molar-refractivity contribution in [2.45, 2.75) is 13.0 Å². The van der Waals surface area contributed by atoms with Gasteiger partial charge in [0.15, 0.2) is 0 Å². The predicted molar refractivity (Wildman–Crippen MR) is 66.1 cm³/mol. The molecule has 2 nitrogen and oxygen atoms in total. The standard InChI is InChI=1S/C14H15NO/c1-10-9-12(7-8-13(10)15)14(16)11-5-3-2-4-6-11/h2-9,14,16H,15H2,1H3/t14-/m1/s1. The molecule has 2 aromatic carbocycles. The lowest BCUT2D eigenvalue weighted by molar-refractivity contribution is 0.220. The first-order valence-corrected chi connectivity index (χ1v) is 5.27. The molecule has 0 saturated carbocycles. The summed E-state index contributed by atoms with van der Waals surface area (Å²) in [6.07, 6.45) is -0.583. The maximum absolute atomic E-state index is 10.2. The molecule has 0 radical (unpaired) electrons. The summed E-state index contributed by atoms with van der Waals surface area (Å²) < 4.78 is 0. The highest BCUT2D eigenvalue weighted by Gasteiger charge is 2.10. The fourth-order valence-electron chi connectivity index (χ4n) is 1.70. The molecule has 0 amide bonds.